The average Bonchev–Trinajstić information content (AvgIpc) is 2.83. The molecule has 3 amide bonds. The maximum Gasteiger partial charge on any atom is 0.323 e. The Morgan fingerprint density at radius 1 is 1.10 bits per heavy atom. The number of benzene rings is 2. The van der Waals surface area contributed by atoms with Gasteiger partial charge in [0.25, 0.3) is 0 Å². The second-order valence-electron chi connectivity index (χ2n) is 8.21. The molecule has 166 valence electrons. The number of hydrogen-bond donors (Lipinski definition) is 2. The zero-order valence-electron chi connectivity index (χ0n) is 18.7. The van der Waals surface area contributed by atoms with E-state index in [-0.39, 0.29) is 11.9 Å². The third-order valence-corrected chi connectivity index (χ3v) is 5.12. The zero-order valence-corrected chi connectivity index (χ0v) is 18.7. The van der Waals surface area contributed by atoms with Gasteiger partial charge in [-0.3, -0.25) is 4.79 Å². The highest BCUT2D eigenvalue weighted by atomic mass is 16.5. The van der Waals surface area contributed by atoms with Gasteiger partial charge in [-0.1, -0.05) is 13.3 Å². The fourth-order valence-corrected chi connectivity index (χ4v) is 3.30. The highest BCUT2D eigenvalue weighted by molar-refractivity contribution is 6.02. The number of ether oxygens (including phenoxy) is 2. The molecular weight excluding hydrogens is 394 g/mol. The van der Waals surface area contributed by atoms with Crippen LogP contribution in [0.1, 0.15) is 40.5 Å². The largest absolute Gasteiger partial charge is 0.494 e. The minimum Gasteiger partial charge on any atom is -0.494 e. The van der Waals surface area contributed by atoms with Crippen molar-refractivity contribution in [3.8, 4) is 11.5 Å². The molecule has 31 heavy (non-hydrogen) atoms. The van der Waals surface area contributed by atoms with Gasteiger partial charge in [0.05, 0.1) is 17.7 Å². The van der Waals surface area contributed by atoms with Crippen LogP contribution in [0.2, 0.25) is 0 Å². The third-order valence-electron chi connectivity index (χ3n) is 5.12. The molecule has 1 aliphatic rings. The van der Waals surface area contributed by atoms with E-state index in [4.69, 9.17) is 9.47 Å². The van der Waals surface area contributed by atoms with E-state index in [1.165, 1.54) is 0 Å². The molecule has 7 heteroatoms. The minimum absolute atomic E-state index is 0.00315. The number of unbranched alkanes of at least 4 members (excludes halogenated alkanes) is 1. The van der Waals surface area contributed by atoms with Crippen LogP contribution in [0.25, 0.3) is 0 Å². The SMILES string of the molecule is CCCCOc1ccc(NC(=O)Nc2ccc3c(c2)N(CC)C(=O)C(C)(C)CO3)cc1. The van der Waals surface area contributed by atoms with Crippen LogP contribution in [-0.2, 0) is 4.79 Å². The topological polar surface area (TPSA) is 79.9 Å². The van der Waals surface area contributed by atoms with Crippen molar-refractivity contribution >= 4 is 29.0 Å². The maximum absolute atomic E-state index is 12.9. The smallest absolute Gasteiger partial charge is 0.323 e. The number of amides is 3. The first-order chi connectivity index (χ1) is 14.8. The molecule has 1 aliphatic heterocycles. The molecule has 2 aromatic carbocycles. The standard InChI is InChI=1S/C24H31N3O4/c1-5-7-14-30-19-11-8-17(9-12-19)25-23(29)26-18-10-13-21-20(15-18)27(6-2)22(28)24(3,4)16-31-21/h8-13,15H,5-7,14,16H2,1-4H3,(H2,25,26,29). The van der Waals surface area contributed by atoms with Gasteiger partial charge in [0, 0.05) is 17.9 Å². The number of rotatable bonds is 7. The Balaban J connectivity index is 1.67. The Hall–Kier alpha value is -3.22. The monoisotopic (exact) mass is 425 g/mol. The van der Waals surface area contributed by atoms with Gasteiger partial charge in [0.15, 0.2) is 0 Å². The first kappa shape index (κ1) is 22.5. The number of anilines is 3. The number of carbonyl (C=O) groups excluding carboxylic acids is 2. The van der Waals surface area contributed by atoms with Crippen molar-refractivity contribution in [2.24, 2.45) is 5.41 Å². The van der Waals surface area contributed by atoms with Crippen molar-refractivity contribution in [3.63, 3.8) is 0 Å². The van der Waals surface area contributed by atoms with Crippen LogP contribution in [0.5, 0.6) is 11.5 Å². The lowest BCUT2D eigenvalue weighted by atomic mass is 9.93. The summed E-state index contributed by atoms with van der Waals surface area (Å²) in [5.74, 6) is 1.40. The van der Waals surface area contributed by atoms with Crippen molar-refractivity contribution in [1.29, 1.82) is 0 Å². The Bertz CT molecular complexity index is 925. The Morgan fingerprint density at radius 3 is 2.45 bits per heavy atom. The van der Waals surface area contributed by atoms with Crippen molar-refractivity contribution in [2.75, 3.05) is 35.3 Å². The van der Waals surface area contributed by atoms with Crippen LogP contribution in [0.15, 0.2) is 42.5 Å². The number of fused-ring (bicyclic) bond motifs is 1. The zero-order chi connectivity index (χ0) is 22.4. The third kappa shape index (κ3) is 5.48. The van der Waals surface area contributed by atoms with Crippen LogP contribution in [0.3, 0.4) is 0 Å². The summed E-state index contributed by atoms with van der Waals surface area (Å²) in [6.07, 6.45) is 2.09. The molecule has 0 saturated heterocycles. The van der Waals surface area contributed by atoms with E-state index in [1.54, 1.807) is 35.2 Å². The summed E-state index contributed by atoms with van der Waals surface area (Å²) in [4.78, 5) is 27.0. The van der Waals surface area contributed by atoms with Crippen LogP contribution >= 0.6 is 0 Å². The van der Waals surface area contributed by atoms with E-state index in [2.05, 4.69) is 17.6 Å². The van der Waals surface area contributed by atoms with Crippen molar-refractivity contribution in [2.45, 2.75) is 40.5 Å². The molecule has 0 fully saturated rings. The minimum atomic E-state index is -0.619. The van der Waals surface area contributed by atoms with Gasteiger partial charge in [-0.15, -0.1) is 0 Å². The lowest BCUT2D eigenvalue weighted by Gasteiger charge is -2.27. The second-order valence-corrected chi connectivity index (χ2v) is 8.21. The van der Waals surface area contributed by atoms with Gasteiger partial charge < -0.3 is 25.0 Å². The summed E-state index contributed by atoms with van der Waals surface area (Å²) in [6.45, 7) is 9.28. The van der Waals surface area contributed by atoms with E-state index in [9.17, 15) is 9.59 Å². The summed E-state index contributed by atoms with van der Waals surface area (Å²) in [6, 6.07) is 12.2. The van der Waals surface area contributed by atoms with E-state index in [1.807, 2.05) is 32.9 Å². The summed E-state index contributed by atoms with van der Waals surface area (Å²) < 4.78 is 11.5. The first-order valence-electron chi connectivity index (χ1n) is 10.7. The quantitative estimate of drug-likeness (QED) is 0.592. The molecule has 0 spiro atoms. The molecule has 0 aromatic heterocycles. The number of nitrogens with one attached hydrogen (secondary N) is 2. The summed E-state index contributed by atoms with van der Waals surface area (Å²) in [7, 11) is 0. The van der Waals surface area contributed by atoms with Crippen LogP contribution in [0.4, 0.5) is 21.9 Å². The predicted octanol–water partition coefficient (Wildman–Crippen LogP) is 5.28. The van der Waals surface area contributed by atoms with Gasteiger partial charge in [-0.05, 0) is 69.7 Å². The molecule has 0 aliphatic carbocycles. The molecule has 0 unspecified atom stereocenters. The molecular formula is C24H31N3O4. The van der Waals surface area contributed by atoms with Crippen molar-refractivity contribution < 1.29 is 19.1 Å². The van der Waals surface area contributed by atoms with Crippen LogP contribution in [0, 0.1) is 5.41 Å². The predicted molar refractivity (Wildman–Crippen MR) is 123 cm³/mol. The van der Waals surface area contributed by atoms with Crippen molar-refractivity contribution in [1.82, 2.24) is 0 Å². The Morgan fingerprint density at radius 2 is 1.77 bits per heavy atom. The lowest BCUT2D eigenvalue weighted by Crippen LogP contribution is -2.42. The van der Waals surface area contributed by atoms with Crippen LogP contribution in [-0.4, -0.2) is 31.7 Å². The molecule has 0 atom stereocenters. The normalized spacial score (nSPS) is 14.8. The summed E-state index contributed by atoms with van der Waals surface area (Å²) in [5.41, 5.74) is 1.27. The molecule has 2 N–H and O–H groups in total. The van der Waals surface area contributed by atoms with E-state index in [0.29, 0.717) is 42.6 Å². The second kappa shape index (κ2) is 9.73. The highest BCUT2D eigenvalue weighted by Crippen LogP contribution is 2.38. The number of hydrogen-bond acceptors (Lipinski definition) is 4. The molecule has 0 bridgehead atoms. The van der Waals surface area contributed by atoms with Gasteiger partial charge in [-0.25, -0.2) is 4.79 Å². The summed E-state index contributed by atoms with van der Waals surface area (Å²) in [5, 5.41) is 5.63. The molecule has 0 radical (unpaired) electrons. The fourth-order valence-electron chi connectivity index (χ4n) is 3.30. The van der Waals surface area contributed by atoms with E-state index in [0.717, 1.165) is 18.6 Å². The molecule has 2 aromatic rings. The van der Waals surface area contributed by atoms with Gasteiger partial charge in [0.2, 0.25) is 5.91 Å². The summed E-state index contributed by atoms with van der Waals surface area (Å²) >= 11 is 0. The average molecular weight is 426 g/mol. The number of nitrogens with zero attached hydrogens (tertiary/aromatic N) is 1. The van der Waals surface area contributed by atoms with Crippen LogP contribution < -0.4 is 25.0 Å². The van der Waals surface area contributed by atoms with Gasteiger partial charge in [0.1, 0.15) is 18.1 Å². The Labute approximate surface area is 183 Å². The van der Waals surface area contributed by atoms with Gasteiger partial charge >= 0.3 is 6.03 Å². The maximum atomic E-state index is 12.9. The van der Waals surface area contributed by atoms with Crippen molar-refractivity contribution in [3.05, 3.63) is 42.5 Å². The molecule has 3 rings (SSSR count). The first-order valence-corrected chi connectivity index (χ1v) is 10.7. The number of urea groups is 1. The molecule has 1 heterocycles. The fraction of sp³-hybridized carbons (Fsp3) is 0.417. The molecule has 0 saturated carbocycles. The Kier molecular flexibility index (Phi) is 7.05. The lowest BCUT2D eigenvalue weighted by molar-refractivity contribution is -0.127. The van der Waals surface area contributed by atoms with E-state index >= 15 is 0 Å². The van der Waals surface area contributed by atoms with E-state index < -0.39 is 5.41 Å². The molecule has 7 nitrogen and oxygen atoms in total. The number of carbonyl (C=O) groups is 2. The highest BCUT2D eigenvalue weighted by Gasteiger charge is 2.37. The van der Waals surface area contributed by atoms with Gasteiger partial charge in [-0.2, -0.15) is 0 Å².